The Kier molecular flexibility index (Phi) is 7.17. The van der Waals surface area contributed by atoms with Crippen LogP contribution in [0.4, 0.5) is 11.4 Å². The monoisotopic (exact) mass is 535 g/mol. The van der Waals surface area contributed by atoms with E-state index in [1.165, 1.54) is 29.8 Å². The molecule has 202 valence electrons. The molecule has 0 saturated carbocycles. The molecule has 5 rings (SSSR count). The second-order valence-electron chi connectivity index (χ2n) is 10.8. The molecule has 1 amide bonds. The Bertz CT molecular complexity index is 1670. The number of anilines is 1. The molecule has 1 aliphatic carbocycles. The number of fused-ring (bicyclic) bond motifs is 2. The number of esters is 1. The highest BCUT2D eigenvalue weighted by Gasteiger charge is 2.28. The molecule has 8 heteroatoms. The fourth-order valence-corrected chi connectivity index (χ4v) is 4.89. The number of benzene rings is 3. The van der Waals surface area contributed by atoms with Crippen molar-refractivity contribution in [3.8, 4) is 0 Å². The fourth-order valence-electron chi connectivity index (χ4n) is 4.89. The van der Waals surface area contributed by atoms with Gasteiger partial charge in [-0.1, -0.05) is 69.3 Å². The molecule has 0 aliphatic heterocycles. The molecule has 0 unspecified atom stereocenters. The summed E-state index contributed by atoms with van der Waals surface area (Å²) in [6, 6.07) is 21.4. The van der Waals surface area contributed by atoms with Crippen LogP contribution >= 0.6 is 0 Å². The lowest BCUT2D eigenvalue weighted by molar-refractivity contribution is -0.384. The van der Waals surface area contributed by atoms with Crippen molar-refractivity contribution in [2.24, 2.45) is 0 Å². The quantitative estimate of drug-likeness (QED) is 0.167. The summed E-state index contributed by atoms with van der Waals surface area (Å²) in [7, 11) is 0. The Morgan fingerprint density at radius 2 is 1.77 bits per heavy atom. The van der Waals surface area contributed by atoms with Gasteiger partial charge in [-0.25, -0.2) is 9.78 Å². The van der Waals surface area contributed by atoms with Crippen molar-refractivity contribution in [3.05, 3.63) is 111 Å². The van der Waals surface area contributed by atoms with Crippen molar-refractivity contribution < 1.29 is 19.2 Å². The van der Waals surface area contributed by atoms with E-state index in [1.807, 2.05) is 24.3 Å². The number of nitro benzene ring substituents is 1. The summed E-state index contributed by atoms with van der Waals surface area (Å²) in [5, 5.41) is 14.2. The number of hydrogen-bond donors (Lipinski definition) is 1. The SMILES string of the molecule is CC(C)(C)c1ccc(C=C2CCc3c2nc2ccccc2c3C(=O)OCC(=O)Nc2cccc([N+](=O)[O-])c2)cc1. The number of rotatable bonds is 6. The van der Waals surface area contributed by atoms with E-state index in [0.717, 1.165) is 28.8 Å². The van der Waals surface area contributed by atoms with Gasteiger partial charge in [0.2, 0.25) is 0 Å². The lowest BCUT2D eigenvalue weighted by Crippen LogP contribution is -2.21. The van der Waals surface area contributed by atoms with E-state index < -0.39 is 23.4 Å². The number of hydrogen-bond acceptors (Lipinski definition) is 6. The number of para-hydroxylation sites is 1. The summed E-state index contributed by atoms with van der Waals surface area (Å²) in [6.07, 6.45) is 3.47. The van der Waals surface area contributed by atoms with E-state index >= 15 is 0 Å². The predicted molar refractivity (Wildman–Crippen MR) is 155 cm³/mol. The first kappa shape index (κ1) is 26.7. The standard InChI is InChI=1S/C32H29N3O5/c1-32(2,3)22-14-11-20(12-15-22)17-21-13-16-26-29(25-9-4-5-10-27(25)34-30(21)26)31(37)40-19-28(36)33-23-7-6-8-24(18-23)35(38)39/h4-12,14-15,17-18H,13,16,19H2,1-3H3,(H,33,36). The highest BCUT2D eigenvalue weighted by atomic mass is 16.6. The molecule has 0 saturated heterocycles. The average molecular weight is 536 g/mol. The van der Waals surface area contributed by atoms with Crippen LogP contribution < -0.4 is 5.32 Å². The number of nitrogens with one attached hydrogen (secondary N) is 1. The molecule has 1 heterocycles. The highest BCUT2D eigenvalue weighted by Crippen LogP contribution is 2.38. The van der Waals surface area contributed by atoms with Crippen LogP contribution in [0.15, 0.2) is 72.8 Å². The third-order valence-electron chi connectivity index (χ3n) is 6.94. The number of ether oxygens (including phenoxy) is 1. The van der Waals surface area contributed by atoms with Crippen molar-refractivity contribution >= 4 is 45.8 Å². The van der Waals surface area contributed by atoms with Gasteiger partial charge in [0, 0.05) is 23.2 Å². The number of nitrogens with zero attached hydrogens (tertiary/aromatic N) is 2. The average Bonchev–Trinajstić information content (AvgIpc) is 3.32. The number of allylic oxidation sites excluding steroid dienone is 1. The zero-order valence-electron chi connectivity index (χ0n) is 22.6. The van der Waals surface area contributed by atoms with Gasteiger partial charge in [0.25, 0.3) is 11.6 Å². The summed E-state index contributed by atoms with van der Waals surface area (Å²) < 4.78 is 5.44. The minimum Gasteiger partial charge on any atom is -0.452 e. The third kappa shape index (κ3) is 5.61. The van der Waals surface area contributed by atoms with Crippen molar-refractivity contribution in [1.82, 2.24) is 4.98 Å². The number of amides is 1. The zero-order chi connectivity index (χ0) is 28.4. The van der Waals surface area contributed by atoms with Crippen molar-refractivity contribution in [3.63, 3.8) is 0 Å². The summed E-state index contributed by atoms with van der Waals surface area (Å²) in [6.45, 7) is 6.01. The van der Waals surface area contributed by atoms with Crippen LogP contribution in [-0.2, 0) is 21.4 Å². The van der Waals surface area contributed by atoms with Crippen LogP contribution in [0.3, 0.4) is 0 Å². The molecule has 1 aromatic heterocycles. The zero-order valence-corrected chi connectivity index (χ0v) is 22.6. The minimum atomic E-state index is -0.611. The van der Waals surface area contributed by atoms with Gasteiger partial charge in [-0.2, -0.15) is 0 Å². The van der Waals surface area contributed by atoms with Gasteiger partial charge in [0.1, 0.15) is 0 Å². The number of aromatic nitrogens is 1. The fraction of sp³-hybridized carbons (Fsp3) is 0.219. The van der Waals surface area contributed by atoms with E-state index in [9.17, 15) is 19.7 Å². The molecule has 1 aliphatic rings. The summed E-state index contributed by atoms with van der Waals surface area (Å²) >= 11 is 0. The van der Waals surface area contributed by atoms with E-state index in [2.05, 4.69) is 56.4 Å². The van der Waals surface area contributed by atoms with E-state index in [1.54, 1.807) is 0 Å². The van der Waals surface area contributed by atoms with Gasteiger partial charge in [-0.15, -0.1) is 0 Å². The Morgan fingerprint density at radius 1 is 1.02 bits per heavy atom. The van der Waals surface area contributed by atoms with Gasteiger partial charge in [0.15, 0.2) is 6.61 Å². The molecule has 0 radical (unpaired) electrons. The van der Waals surface area contributed by atoms with Crippen LogP contribution in [0.5, 0.6) is 0 Å². The number of pyridine rings is 1. The Labute approximate surface area is 231 Å². The molecule has 0 fully saturated rings. The molecule has 1 N–H and O–H groups in total. The smallest absolute Gasteiger partial charge is 0.339 e. The first-order valence-electron chi connectivity index (χ1n) is 13.0. The summed E-state index contributed by atoms with van der Waals surface area (Å²) in [5.74, 6) is -1.21. The van der Waals surface area contributed by atoms with Crippen LogP contribution in [0.1, 0.15) is 59.9 Å². The first-order valence-corrected chi connectivity index (χ1v) is 13.0. The van der Waals surface area contributed by atoms with Gasteiger partial charge < -0.3 is 10.1 Å². The molecule has 0 atom stereocenters. The lowest BCUT2D eigenvalue weighted by atomic mass is 9.86. The second-order valence-corrected chi connectivity index (χ2v) is 10.8. The largest absolute Gasteiger partial charge is 0.452 e. The van der Waals surface area contributed by atoms with Crippen molar-refractivity contribution in [2.45, 2.75) is 39.0 Å². The minimum absolute atomic E-state index is 0.0668. The molecule has 40 heavy (non-hydrogen) atoms. The topological polar surface area (TPSA) is 111 Å². The molecular weight excluding hydrogens is 506 g/mol. The normalized spacial score (nSPS) is 13.7. The van der Waals surface area contributed by atoms with E-state index in [-0.39, 0.29) is 16.8 Å². The number of carbonyl (C=O) groups excluding carboxylic acids is 2. The maximum absolute atomic E-state index is 13.4. The predicted octanol–water partition coefficient (Wildman–Crippen LogP) is 6.72. The van der Waals surface area contributed by atoms with Crippen molar-refractivity contribution in [1.29, 1.82) is 0 Å². The Hall–Kier alpha value is -4.85. The molecule has 0 spiro atoms. The van der Waals surface area contributed by atoms with Crippen LogP contribution in [0.25, 0.3) is 22.6 Å². The number of carbonyl (C=O) groups is 2. The maximum Gasteiger partial charge on any atom is 0.339 e. The number of non-ortho nitro benzene ring substituents is 1. The molecule has 0 bridgehead atoms. The summed E-state index contributed by atoms with van der Waals surface area (Å²) in [5.41, 5.74) is 6.18. The van der Waals surface area contributed by atoms with Gasteiger partial charge in [-0.05, 0) is 58.7 Å². The number of nitro groups is 1. The van der Waals surface area contributed by atoms with Gasteiger partial charge in [0.05, 0.1) is 21.7 Å². The highest BCUT2D eigenvalue weighted by molar-refractivity contribution is 6.08. The Morgan fingerprint density at radius 3 is 2.50 bits per heavy atom. The summed E-state index contributed by atoms with van der Waals surface area (Å²) in [4.78, 5) is 41.2. The third-order valence-corrected chi connectivity index (χ3v) is 6.94. The molecule has 8 nitrogen and oxygen atoms in total. The van der Waals surface area contributed by atoms with Gasteiger partial charge >= 0.3 is 5.97 Å². The van der Waals surface area contributed by atoms with Gasteiger partial charge in [-0.3, -0.25) is 14.9 Å². The molecule has 4 aromatic rings. The maximum atomic E-state index is 13.4. The second kappa shape index (κ2) is 10.7. The first-order chi connectivity index (χ1) is 19.1. The molecule has 3 aromatic carbocycles. The molecular formula is C32H29N3O5. The van der Waals surface area contributed by atoms with Crippen LogP contribution in [-0.4, -0.2) is 28.4 Å². The van der Waals surface area contributed by atoms with Crippen molar-refractivity contribution in [2.75, 3.05) is 11.9 Å². The Balaban J connectivity index is 1.40. The van der Waals surface area contributed by atoms with Crippen LogP contribution in [0.2, 0.25) is 0 Å². The van der Waals surface area contributed by atoms with E-state index in [4.69, 9.17) is 9.72 Å². The van der Waals surface area contributed by atoms with Crippen LogP contribution in [0, 0.1) is 10.1 Å². The lowest BCUT2D eigenvalue weighted by Gasteiger charge is -2.18. The van der Waals surface area contributed by atoms with E-state index in [0.29, 0.717) is 22.9 Å².